The maximum absolute atomic E-state index is 5.42. The highest BCUT2D eigenvalue weighted by Crippen LogP contribution is 2.01. The third-order valence-electron chi connectivity index (χ3n) is 1.31. The highest BCUT2D eigenvalue weighted by molar-refractivity contribution is 5.25. The number of nitrogens with two attached hydrogens (primary N) is 1. The number of rotatable bonds is 1. The number of nitrogens with zero attached hydrogens (tertiary/aromatic N) is 2. The summed E-state index contributed by atoms with van der Waals surface area (Å²) in [6.45, 7) is 2.06. The first-order valence-corrected chi connectivity index (χ1v) is 3.01. The summed E-state index contributed by atoms with van der Waals surface area (Å²) in [4.78, 5) is 4.07. The molecule has 0 atom stereocenters. The SMILES string of the molecule is CCc1nc(N)cn1C. The van der Waals surface area contributed by atoms with E-state index in [1.807, 2.05) is 17.8 Å². The molecule has 0 aliphatic carbocycles. The van der Waals surface area contributed by atoms with Crippen molar-refractivity contribution in [2.75, 3.05) is 5.73 Å². The van der Waals surface area contributed by atoms with Crippen LogP contribution in [0.25, 0.3) is 0 Å². The zero-order valence-corrected chi connectivity index (χ0v) is 5.76. The smallest absolute Gasteiger partial charge is 0.141 e. The van der Waals surface area contributed by atoms with Crippen molar-refractivity contribution in [2.24, 2.45) is 7.05 Å². The Labute approximate surface area is 54.5 Å². The van der Waals surface area contributed by atoms with Gasteiger partial charge in [0.25, 0.3) is 0 Å². The van der Waals surface area contributed by atoms with Crippen LogP contribution >= 0.6 is 0 Å². The second-order valence-corrected chi connectivity index (χ2v) is 2.05. The maximum Gasteiger partial charge on any atom is 0.141 e. The van der Waals surface area contributed by atoms with Gasteiger partial charge in [-0.25, -0.2) is 4.98 Å². The third kappa shape index (κ3) is 1.04. The standard InChI is InChI=1S/C6H11N3/c1-3-6-8-5(7)4-9(6)2/h4H,3,7H2,1-2H3. The minimum atomic E-state index is 0.606. The van der Waals surface area contributed by atoms with E-state index < -0.39 is 0 Å². The van der Waals surface area contributed by atoms with Crippen molar-refractivity contribution >= 4 is 5.82 Å². The number of hydrogen-bond acceptors (Lipinski definition) is 2. The lowest BCUT2D eigenvalue weighted by Crippen LogP contribution is -1.93. The first-order valence-electron chi connectivity index (χ1n) is 3.01. The molecule has 0 radical (unpaired) electrons. The summed E-state index contributed by atoms with van der Waals surface area (Å²) < 4.78 is 1.94. The number of hydrogen-bond donors (Lipinski definition) is 1. The lowest BCUT2D eigenvalue weighted by molar-refractivity contribution is 0.808. The van der Waals surface area contributed by atoms with Crippen molar-refractivity contribution in [2.45, 2.75) is 13.3 Å². The van der Waals surface area contributed by atoms with Crippen LogP contribution in [-0.2, 0) is 13.5 Å². The van der Waals surface area contributed by atoms with E-state index in [-0.39, 0.29) is 0 Å². The topological polar surface area (TPSA) is 43.8 Å². The summed E-state index contributed by atoms with van der Waals surface area (Å²) in [5.41, 5.74) is 5.42. The molecule has 0 aliphatic heterocycles. The summed E-state index contributed by atoms with van der Waals surface area (Å²) >= 11 is 0. The predicted molar refractivity (Wildman–Crippen MR) is 37.0 cm³/mol. The largest absolute Gasteiger partial charge is 0.382 e. The molecule has 1 aromatic rings. The summed E-state index contributed by atoms with van der Waals surface area (Å²) in [5, 5.41) is 0. The number of anilines is 1. The van der Waals surface area contributed by atoms with Crippen molar-refractivity contribution in [3.8, 4) is 0 Å². The minimum Gasteiger partial charge on any atom is -0.382 e. The Hall–Kier alpha value is -0.990. The van der Waals surface area contributed by atoms with Gasteiger partial charge in [0, 0.05) is 19.7 Å². The molecule has 0 amide bonds. The van der Waals surface area contributed by atoms with Crippen LogP contribution in [0.15, 0.2) is 6.20 Å². The average Bonchev–Trinajstić information content (AvgIpc) is 2.10. The van der Waals surface area contributed by atoms with Gasteiger partial charge < -0.3 is 10.3 Å². The fourth-order valence-electron chi connectivity index (χ4n) is 0.858. The monoisotopic (exact) mass is 125 g/mol. The van der Waals surface area contributed by atoms with Gasteiger partial charge in [-0.3, -0.25) is 0 Å². The second kappa shape index (κ2) is 2.09. The van der Waals surface area contributed by atoms with Crippen LogP contribution in [-0.4, -0.2) is 9.55 Å². The molecule has 0 fully saturated rings. The molecule has 3 nitrogen and oxygen atoms in total. The molecule has 9 heavy (non-hydrogen) atoms. The van der Waals surface area contributed by atoms with Gasteiger partial charge in [0.1, 0.15) is 11.6 Å². The fraction of sp³-hybridized carbons (Fsp3) is 0.500. The Balaban J connectivity index is 3.01. The normalized spacial score (nSPS) is 10.0. The Morgan fingerprint density at radius 2 is 2.44 bits per heavy atom. The summed E-state index contributed by atoms with van der Waals surface area (Å²) in [6, 6.07) is 0. The third-order valence-corrected chi connectivity index (χ3v) is 1.31. The Bertz CT molecular complexity index is 202. The summed E-state index contributed by atoms with van der Waals surface area (Å²) in [5.74, 6) is 1.64. The zero-order valence-electron chi connectivity index (χ0n) is 5.76. The van der Waals surface area contributed by atoms with Crippen molar-refractivity contribution in [3.05, 3.63) is 12.0 Å². The van der Waals surface area contributed by atoms with Gasteiger partial charge in [0.15, 0.2) is 0 Å². The van der Waals surface area contributed by atoms with Gasteiger partial charge in [-0.05, 0) is 0 Å². The number of imidazole rings is 1. The predicted octanol–water partition coefficient (Wildman–Crippen LogP) is 0.565. The van der Waals surface area contributed by atoms with Crippen LogP contribution in [0.2, 0.25) is 0 Å². The van der Waals surface area contributed by atoms with Gasteiger partial charge in [-0.15, -0.1) is 0 Å². The zero-order chi connectivity index (χ0) is 6.85. The van der Waals surface area contributed by atoms with Crippen molar-refractivity contribution in [1.29, 1.82) is 0 Å². The van der Waals surface area contributed by atoms with Crippen molar-refractivity contribution in [1.82, 2.24) is 9.55 Å². The number of nitrogen functional groups attached to an aromatic ring is 1. The maximum atomic E-state index is 5.42. The van der Waals surface area contributed by atoms with Gasteiger partial charge in [-0.1, -0.05) is 6.92 Å². The Morgan fingerprint density at radius 3 is 2.67 bits per heavy atom. The lowest BCUT2D eigenvalue weighted by Gasteiger charge is -1.92. The van der Waals surface area contributed by atoms with E-state index in [2.05, 4.69) is 11.9 Å². The molecule has 50 valence electrons. The lowest BCUT2D eigenvalue weighted by atomic mass is 10.5. The Morgan fingerprint density at radius 1 is 1.78 bits per heavy atom. The van der Waals surface area contributed by atoms with Crippen LogP contribution in [0.3, 0.4) is 0 Å². The fourth-order valence-corrected chi connectivity index (χ4v) is 0.858. The van der Waals surface area contributed by atoms with Gasteiger partial charge >= 0.3 is 0 Å². The average molecular weight is 125 g/mol. The van der Waals surface area contributed by atoms with E-state index in [0.29, 0.717) is 5.82 Å². The molecular formula is C6H11N3. The number of aryl methyl sites for hydroxylation is 2. The highest BCUT2D eigenvalue weighted by Gasteiger charge is 1.96. The van der Waals surface area contributed by atoms with Crippen molar-refractivity contribution < 1.29 is 0 Å². The second-order valence-electron chi connectivity index (χ2n) is 2.05. The van der Waals surface area contributed by atoms with Gasteiger partial charge in [0.05, 0.1) is 0 Å². The Kier molecular flexibility index (Phi) is 1.42. The molecule has 2 N–H and O–H groups in total. The molecule has 0 aromatic carbocycles. The number of aromatic nitrogens is 2. The molecule has 1 heterocycles. The van der Waals surface area contributed by atoms with Gasteiger partial charge in [0.2, 0.25) is 0 Å². The molecular weight excluding hydrogens is 114 g/mol. The molecule has 0 spiro atoms. The summed E-state index contributed by atoms with van der Waals surface area (Å²) in [6.07, 6.45) is 2.76. The van der Waals surface area contributed by atoms with Crippen LogP contribution in [0.1, 0.15) is 12.7 Å². The van der Waals surface area contributed by atoms with Crippen molar-refractivity contribution in [3.63, 3.8) is 0 Å². The van der Waals surface area contributed by atoms with Crippen LogP contribution < -0.4 is 5.73 Å². The molecule has 0 bridgehead atoms. The van der Waals surface area contributed by atoms with Crippen LogP contribution in [0.5, 0.6) is 0 Å². The molecule has 0 unspecified atom stereocenters. The van der Waals surface area contributed by atoms with E-state index in [1.165, 1.54) is 0 Å². The first-order chi connectivity index (χ1) is 4.24. The minimum absolute atomic E-state index is 0.606. The van der Waals surface area contributed by atoms with E-state index in [4.69, 9.17) is 5.73 Å². The summed E-state index contributed by atoms with van der Waals surface area (Å²) in [7, 11) is 1.95. The molecule has 0 saturated carbocycles. The van der Waals surface area contributed by atoms with E-state index in [9.17, 15) is 0 Å². The van der Waals surface area contributed by atoms with Crippen LogP contribution in [0.4, 0.5) is 5.82 Å². The highest BCUT2D eigenvalue weighted by atomic mass is 15.1. The van der Waals surface area contributed by atoms with E-state index in [1.54, 1.807) is 0 Å². The van der Waals surface area contributed by atoms with Gasteiger partial charge in [-0.2, -0.15) is 0 Å². The molecule has 0 aliphatic rings. The first kappa shape index (κ1) is 6.13. The molecule has 1 rings (SSSR count). The molecule has 3 heteroatoms. The molecule has 1 aromatic heterocycles. The van der Waals surface area contributed by atoms with Crippen LogP contribution in [0, 0.1) is 0 Å². The van der Waals surface area contributed by atoms with E-state index >= 15 is 0 Å². The van der Waals surface area contributed by atoms with E-state index in [0.717, 1.165) is 12.2 Å². The quantitative estimate of drug-likeness (QED) is 0.596. The molecule has 0 saturated heterocycles.